The predicted molar refractivity (Wildman–Crippen MR) is 58.5 cm³/mol. The second-order valence-corrected chi connectivity index (χ2v) is 4.15. The summed E-state index contributed by atoms with van der Waals surface area (Å²) < 4.78 is 13.0. The monoisotopic (exact) mass is 204 g/mol. The average Bonchev–Trinajstić information content (AvgIpc) is 2.84. The Balaban J connectivity index is 2.05. The second-order valence-electron chi connectivity index (χ2n) is 4.15. The van der Waals surface area contributed by atoms with Crippen LogP contribution in [-0.2, 0) is 0 Å². The van der Waals surface area contributed by atoms with E-state index in [1.165, 1.54) is 11.8 Å². The normalized spacial score (nSPS) is 21.3. The fourth-order valence-corrected chi connectivity index (χ4v) is 2.26. The van der Waals surface area contributed by atoms with Crippen LogP contribution in [0.4, 0.5) is 4.39 Å². The number of aromatic nitrogens is 1. The maximum Gasteiger partial charge on any atom is 0.125 e. The van der Waals surface area contributed by atoms with Crippen molar-refractivity contribution in [3.8, 4) is 0 Å². The van der Waals surface area contributed by atoms with Gasteiger partial charge in [0.1, 0.15) is 5.82 Å². The topological polar surface area (TPSA) is 27.8 Å². The number of rotatable bonds is 1. The number of H-pyrrole nitrogens is 1. The molecular formula is C12H13FN2. The van der Waals surface area contributed by atoms with Gasteiger partial charge >= 0.3 is 0 Å². The highest BCUT2D eigenvalue weighted by atomic mass is 19.1. The number of halogens is 1. The number of aromatic amines is 1. The molecule has 2 heterocycles. The highest BCUT2D eigenvalue weighted by Gasteiger charge is 2.18. The maximum atomic E-state index is 13.0. The van der Waals surface area contributed by atoms with Gasteiger partial charge < -0.3 is 10.3 Å². The van der Waals surface area contributed by atoms with Crippen molar-refractivity contribution < 1.29 is 4.39 Å². The molecule has 3 rings (SSSR count). The van der Waals surface area contributed by atoms with E-state index in [0.29, 0.717) is 5.92 Å². The highest BCUT2D eigenvalue weighted by Crippen LogP contribution is 2.25. The number of hydrogen-bond donors (Lipinski definition) is 2. The fourth-order valence-electron chi connectivity index (χ4n) is 2.26. The summed E-state index contributed by atoms with van der Waals surface area (Å²) in [6.07, 6.45) is 1.16. The Bertz CT molecular complexity index is 483. The Morgan fingerprint density at radius 2 is 2.20 bits per heavy atom. The number of fused-ring (bicyclic) bond motifs is 1. The van der Waals surface area contributed by atoms with Gasteiger partial charge in [0.25, 0.3) is 0 Å². The molecule has 1 aliphatic heterocycles. The first-order chi connectivity index (χ1) is 7.33. The van der Waals surface area contributed by atoms with Crippen LogP contribution in [0.5, 0.6) is 0 Å². The van der Waals surface area contributed by atoms with Crippen LogP contribution in [0.2, 0.25) is 0 Å². The number of benzene rings is 1. The lowest BCUT2D eigenvalue weighted by Crippen LogP contribution is -2.07. The minimum absolute atomic E-state index is 0.180. The van der Waals surface area contributed by atoms with Gasteiger partial charge in [-0.05, 0) is 42.6 Å². The molecule has 1 atom stereocenters. The Kier molecular flexibility index (Phi) is 1.99. The molecule has 2 nitrogen and oxygen atoms in total. The molecule has 1 aliphatic rings. The highest BCUT2D eigenvalue weighted by molar-refractivity contribution is 5.80. The predicted octanol–water partition coefficient (Wildman–Crippen LogP) is 2.38. The van der Waals surface area contributed by atoms with E-state index in [0.717, 1.165) is 30.4 Å². The minimum atomic E-state index is -0.180. The molecule has 0 spiro atoms. The minimum Gasteiger partial charge on any atom is -0.358 e. The molecule has 0 saturated carbocycles. The van der Waals surface area contributed by atoms with Crippen LogP contribution in [-0.4, -0.2) is 18.1 Å². The molecule has 3 heteroatoms. The molecule has 2 aromatic rings. The number of hydrogen-bond acceptors (Lipinski definition) is 1. The van der Waals surface area contributed by atoms with E-state index in [9.17, 15) is 4.39 Å². The van der Waals surface area contributed by atoms with Crippen molar-refractivity contribution in [2.75, 3.05) is 13.1 Å². The van der Waals surface area contributed by atoms with E-state index in [1.807, 2.05) is 6.07 Å². The molecular weight excluding hydrogens is 191 g/mol. The van der Waals surface area contributed by atoms with Crippen LogP contribution < -0.4 is 5.32 Å². The van der Waals surface area contributed by atoms with Crippen LogP contribution >= 0.6 is 0 Å². The van der Waals surface area contributed by atoms with E-state index in [2.05, 4.69) is 16.4 Å². The van der Waals surface area contributed by atoms with E-state index in [-0.39, 0.29) is 5.82 Å². The average molecular weight is 204 g/mol. The zero-order chi connectivity index (χ0) is 10.3. The van der Waals surface area contributed by atoms with Crippen molar-refractivity contribution in [1.29, 1.82) is 0 Å². The second kappa shape index (κ2) is 3.35. The van der Waals surface area contributed by atoms with Gasteiger partial charge in [-0.1, -0.05) is 0 Å². The summed E-state index contributed by atoms with van der Waals surface area (Å²) in [4.78, 5) is 3.30. The zero-order valence-electron chi connectivity index (χ0n) is 8.39. The smallest absolute Gasteiger partial charge is 0.125 e. The first kappa shape index (κ1) is 8.92. The third-order valence-electron chi connectivity index (χ3n) is 3.11. The first-order valence-electron chi connectivity index (χ1n) is 5.32. The van der Waals surface area contributed by atoms with Crippen molar-refractivity contribution in [2.45, 2.75) is 12.3 Å². The Morgan fingerprint density at radius 1 is 1.27 bits per heavy atom. The lowest BCUT2D eigenvalue weighted by molar-refractivity contribution is 0.629. The van der Waals surface area contributed by atoms with E-state index in [4.69, 9.17) is 0 Å². The molecule has 0 unspecified atom stereocenters. The summed E-state index contributed by atoms with van der Waals surface area (Å²) in [7, 11) is 0. The van der Waals surface area contributed by atoms with Gasteiger partial charge in [-0.2, -0.15) is 0 Å². The standard InChI is InChI=1S/C12H13FN2/c13-10-2-1-8-5-11(15-12(8)6-10)9-3-4-14-7-9/h1-2,5-6,9,14-15H,3-4,7H2/t9-/m1/s1. The van der Waals surface area contributed by atoms with E-state index < -0.39 is 0 Å². The Hall–Kier alpha value is -1.35. The van der Waals surface area contributed by atoms with Crippen LogP contribution in [0.3, 0.4) is 0 Å². The summed E-state index contributed by atoms with van der Waals surface area (Å²) in [5.74, 6) is 0.376. The summed E-state index contributed by atoms with van der Waals surface area (Å²) >= 11 is 0. The quantitative estimate of drug-likeness (QED) is 0.733. The Morgan fingerprint density at radius 3 is 3.00 bits per heavy atom. The lowest BCUT2D eigenvalue weighted by atomic mass is 10.1. The third-order valence-corrected chi connectivity index (χ3v) is 3.11. The third kappa shape index (κ3) is 1.53. The van der Waals surface area contributed by atoms with Crippen molar-refractivity contribution in [2.24, 2.45) is 0 Å². The van der Waals surface area contributed by atoms with Gasteiger partial charge in [-0.3, -0.25) is 0 Å². The molecule has 78 valence electrons. The van der Waals surface area contributed by atoms with Gasteiger partial charge in [0.2, 0.25) is 0 Å². The molecule has 0 radical (unpaired) electrons. The van der Waals surface area contributed by atoms with Gasteiger partial charge in [-0.25, -0.2) is 4.39 Å². The summed E-state index contributed by atoms with van der Waals surface area (Å²) in [6, 6.07) is 7.02. The van der Waals surface area contributed by atoms with E-state index in [1.54, 1.807) is 6.07 Å². The van der Waals surface area contributed by atoms with Crippen LogP contribution in [0.15, 0.2) is 24.3 Å². The Labute approximate surface area is 87.5 Å². The molecule has 1 aromatic heterocycles. The summed E-state index contributed by atoms with van der Waals surface area (Å²) in [5, 5.41) is 4.43. The van der Waals surface area contributed by atoms with Crippen molar-refractivity contribution in [3.63, 3.8) is 0 Å². The fraction of sp³-hybridized carbons (Fsp3) is 0.333. The molecule has 2 N–H and O–H groups in total. The van der Waals surface area contributed by atoms with Crippen LogP contribution in [0.1, 0.15) is 18.0 Å². The number of nitrogens with one attached hydrogen (secondary N) is 2. The van der Waals surface area contributed by atoms with Crippen molar-refractivity contribution in [3.05, 3.63) is 35.8 Å². The van der Waals surface area contributed by atoms with Gasteiger partial charge in [0.05, 0.1) is 0 Å². The van der Waals surface area contributed by atoms with Gasteiger partial charge in [0.15, 0.2) is 0 Å². The van der Waals surface area contributed by atoms with Crippen molar-refractivity contribution >= 4 is 10.9 Å². The summed E-state index contributed by atoms with van der Waals surface area (Å²) in [6.45, 7) is 2.10. The molecule has 0 bridgehead atoms. The van der Waals surface area contributed by atoms with E-state index >= 15 is 0 Å². The molecule has 15 heavy (non-hydrogen) atoms. The zero-order valence-corrected chi connectivity index (χ0v) is 8.39. The van der Waals surface area contributed by atoms with Crippen LogP contribution in [0, 0.1) is 5.82 Å². The summed E-state index contributed by atoms with van der Waals surface area (Å²) in [5.41, 5.74) is 2.12. The molecule has 1 saturated heterocycles. The van der Waals surface area contributed by atoms with Gasteiger partial charge in [-0.15, -0.1) is 0 Å². The van der Waals surface area contributed by atoms with Crippen molar-refractivity contribution in [1.82, 2.24) is 10.3 Å². The molecule has 1 fully saturated rings. The lowest BCUT2D eigenvalue weighted by Gasteiger charge is -2.03. The van der Waals surface area contributed by atoms with Gasteiger partial charge in [0, 0.05) is 23.7 Å². The molecule has 1 aromatic carbocycles. The largest absolute Gasteiger partial charge is 0.358 e. The SMILES string of the molecule is Fc1ccc2cc([C@@H]3CCNC3)[nH]c2c1. The first-order valence-corrected chi connectivity index (χ1v) is 5.32. The van der Waals surface area contributed by atoms with Crippen LogP contribution in [0.25, 0.3) is 10.9 Å². The maximum absolute atomic E-state index is 13.0. The molecule has 0 amide bonds. The molecule has 0 aliphatic carbocycles.